The van der Waals surface area contributed by atoms with Crippen molar-refractivity contribution >= 4 is 17.5 Å². The Bertz CT molecular complexity index is 830. The van der Waals surface area contributed by atoms with Crippen LogP contribution in [-0.4, -0.2) is 20.7 Å². The van der Waals surface area contributed by atoms with Crippen LogP contribution in [-0.2, 0) is 13.6 Å². The fourth-order valence-electron chi connectivity index (χ4n) is 2.32. The van der Waals surface area contributed by atoms with Crippen molar-refractivity contribution in [3.05, 3.63) is 71.1 Å². The minimum absolute atomic E-state index is 0.216. The Hall–Kier alpha value is -2.66. The molecule has 1 aromatic carbocycles. The number of rotatable bonds is 4. The van der Waals surface area contributed by atoms with Gasteiger partial charge in [0.15, 0.2) is 0 Å². The molecule has 5 nitrogen and oxygen atoms in total. The molecule has 1 N–H and O–H groups in total. The minimum atomic E-state index is -0.216. The van der Waals surface area contributed by atoms with Crippen molar-refractivity contribution in [2.45, 2.75) is 6.54 Å². The molecule has 0 unspecified atom stereocenters. The molecular weight excluding hydrogens is 312 g/mol. The normalized spacial score (nSPS) is 10.5. The number of carbonyl (C=O) groups excluding carboxylic acids is 1. The quantitative estimate of drug-likeness (QED) is 0.801. The van der Waals surface area contributed by atoms with Crippen LogP contribution in [0.3, 0.4) is 0 Å². The summed E-state index contributed by atoms with van der Waals surface area (Å²) in [5.41, 5.74) is 3.23. The maximum absolute atomic E-state index is 12.2. The van der Waals surface area contributed by atoms with Crippen molar-refractivity contribution in [1.82, 2.24) is 20.1 Å². The molecule has 0 aliphatic rings. The highest BCUT2D eigenvalue weighted by Gasteiger charge is 2.11. The molecule has 0 saturated heterocycles. The van der Waals surface area contributed by atoms with Crippen molar-refractivity contribution in [3.8, 4) is 11.3 Å². The Morgan fingerprint density at radius 1 is 1.22 bits per heavy atom. The second-order valence-corrected chi connectivity index (χ2v) is 5.45. The summed E-state index contributed by atoms with van der Waals surface area (Å²) in [7, 11) is 1.87. The van der Waals surface area contributed by atoms with Crippen LogP contribution in [0.15, 0.2) is 54.9 Å². The van der Waals surface area contributed by atoms with E-state index in [9.17, 15) is 4.79 Å². The highest BCUT2D eigenvalue weighted by Crippen LogP contribution is 2.19. The van der Waals surface area contributed by atoms with Gasteiger partial charge in [0.1, 0.15) is 0 Å². The Balaban J connectivity index is 1.72. The van der Waals surface area contributed by atoms with E-state index in [2.05, 4.69) is 15.4 Å². The molecule has 0 aliphatic carbocycles. The van der Waals surface area contributed by atoms with Gasteiger partial charge in [-0.15, -0.1) is 0 Å². The Morgan fingerprint density at radius 2 is 1.96 bits per heavy atom. The molecule has 0 aliphatic heterocycles. The monoisotopic (exact) mass is 326 g/mol. The molecule has 0 saturated carbocycles. The van der Waals surface area contributed by atoms with Crippen molar-refractivity contribution in [2.24, 2.45) is 7.05 Å². The van der Waals surface area contributed by atoms with E-state index in [-0.39, 0.29) is 5.91 Å². The molecule has 116 valence electrons. The number of carbonyl (C=O) groups is 1. The van der Waals surface area contributed by atoms with Crippen molar-refractivity contribution in [3.63, 3.8) is 0 Å². The van der Waals surface area contributed by atoms with Gasteiger partial charge in [-0.25, -0.2) is 0 Å². The number of aryl methyl sites for hydroxylation is 1. The third-order valence-corrected chi connectivity index (χ3v) is 3.78. The lowest BCUT2D eigenvalue weighted by Gasteiger charge is -2.04. The molecule has 6 heteroatoms. The third kappa shape index (κ3) is 3.40. The van der Waals surface area contributed by atoms with Gasteiger partial charge in [-0.1, -0.05) is 23.7 Å². The van der Waals surface area contributed by atoms with Crippen LogP contribution < -0.4 is 5.32 Å². The van der Waals surface area contributed by atoms with E-state index in [1.165, 1.54) is 0 Å². The molecule has 0 spiro atoms. The largest absolute Gasteiger partial charge is 0.346 e. The fraction of sp³-hybridized carbons (Fsp3) is 0.118. The smallest absolute Gasteiger partial charge is 0.253 e. The van der Waals surface area contributed by atoms with Crippen LogP contribution >= 0.6 is 11.6 Å². The molecular formula is C17H15ClN4O. The van der Waals surface area contributed by atoms with Gasteiger partial charge in [0.2, 0.25) is 0 Å². The lowest BCUT2D eigenvalue weighted by Crippen LogP contribution is -2.23. The second kappa shape index (κ2) is 6.62. The maximum atomic E-state index is 12.2. The van der Waals surface area contributed by atoms with E-state index >= 15 is 0 Å². The van der Waals surface area contributed by atoms with Crippen LogP contribution in [0.1, 0.15) is 16.1 Å². The van der Waals surface area contributed by atoms with Crippen LogP contribution in [0.2, 0.25) is 5.02 Å². The number of hydrogen-bond donors (Lipinski definition) is 1. The number of benzene rings is 1. The van der Waals surface area contributed by atoms with Crippen LogP contribution in [0.25, 0.3) is 11.3 Å². The second-order valence-electron chi connectivity index (χ2n) is 5.04. The topological polar surface area (TPSA) is 59.8 Å². The van der Waals surface area contributed by atoms with Gasteiger partial charge in [-0.3, -0.25) is 14.5 Å². The Morgan fingerprint density at radius 3 is 2.70 bits per heavy atom. The van der Waals surface area contributed by atoms with E-state index < -0.39 is 0 Å². The van der Waals surface area contributed by atoms with Crippen molar-refractivity contribution in [1.29, 1.82) is 0 Å². The summed E-state index contributed by atoms with van der Waals surface area (Å²) in [6.07, 6.45) is 3.47. The zero-order chi connectivity index (χ0) is 16.2. The molecule has 0 radical (unpaired) electrons. The first kappa shape index (κ1) is 15.2. The van der Waals surface area contributed by atoms with E-state index in [0.29, 0.717) is 17.1 Å². The Kier molecular flexibility index (Phi) is 4.39. The molecule has 1 amide bonds. The highest BCUT2D eigenvalue weighted by molar-refractivity contribution is 6.33. The predicted octanol–water partition coefficient (Wildman–Crippen LogP) is 3.07. The maximum Gasteiger partial charge on any atom is 0.253 e. The number of hydrogen-bond acceptors (Lipinski definition) is 3. The lowest BCUT2D eigenvalue weighted by atomic mass is 10.2. The Labute approximate surface area is 138 Å². The average Bonchev–Trinajstić information content (AvgIpc) is 2.95. The minimum Gasteiger partial charge on any atom is -0.346 e. The number of aromatic nitrogens is 3. The first-order valence-corrected chi connectivity index (χ1v) is 7.49. The predicted molar refractivity (Wildman–Crippen MR) is 89.1 cm³/mol. The van der Waals surface area contributed by atoms with E-state index in [4.69, 9.17) is 11.6 Å². The number of pyridine rings is 1. The summed E-state index contributed by atoms with van der Waals surface area (Å²) in [5, 5.41) is 7.69. The van der Waals surface area contributed by atoms with Gasteiger partial charge in [-0.05, 0) is 30.3 Å². The lowest BCUT2D eigenvalue weighted by molar-refractivity contribution is 0.0950. The summed E-state index contributed by atoms with van der Waals surface area (Å²) < 4.78 is 1.78. The number of halogens is 1. The first-order chi connectivity index (χ1) is 11.1. The van der Waals surface area contributed by atoms with Gasteiger partial charge < -0.3 is 5.32 Å². The van der Waals surface area contributed by atoms with Gasteiger partial charge in [0.05, 0.1) is 28.5 Å². The molecule has 0 fully saturated rings. The zero-order valence-electron chi connectivity index (χ0n) is 12.5. The van der Waals surface area contributed by atoms with Crippen LogP contribution in [0.4, 0.5) is 0 Å². The third-order valence-electron chi connectivity index (χ3n) is 3.46. The zero-order valence-corrected chi connectivity index (χ0v) is 13.3. The number of amides is 1. The van der Waals surface area contributed by atoms with Gasteiger partial charge in [0, 0.05) is 25.0 Å². The SMILES string of the molecule is Cn1nc(CNC(=O)c2ccccc2Cl)cc1-c1ccncc1. The molecule has 2 heterocycles. The molecule has 3 aromatic rings. The van der Waals surface area contributed by atoms with E-state index in [0.717, 1.165) is 17.0 Å². The fourth-order valence-corrected chi connectivity index (χ4v) is 2.54. The molecule has 0 atom stereocenters. The number of nitrogens with zero attached hydrogens (tertiary/aromatic N) is 3. The van der Waals surface area contributed by atoms with E-state index in [1.54, 1.807) is 41.3 Å². The summed E-state index contributed by atoms with van der Waals surface area (Å²) in [4.78, 5) is 16.2. The molecule has 0 bridgehead atoms. The van der Waals surface area contributed by atoms with Crippen LogP contribution in [0.5, 0.6) is 0 Å². The molecule has 2 aromatic heterocycles. The van der Waals surface area contributed by atoms with Gasteiger partial charge >= 0.3 is 0 Å². The highest BCUT2D eigenvalue weighted by atomic mass is 35.5. The summed E-state index contributed by atoms with van der Waals surface area (Å²) in [6, 6.07) is 12.7. The van der Waals surface area contributed by atoms with E-state index in [1.807, 2.05) is 25.2 Å². The summed E-state index contributed by atoms with van der Waals surface area (Å²) in [5.74, 6) is -0.216. The summed E-state index contributed by atoms with van der Waals surface area (Å²) in [6.45, 7) is 0.336. The average molecular weight is 327 g/mol. The van der Waals surface area contributed by atoms with Crippen molar-refractivity contribution < 1.29 is 4.79 Å². The first-order valence-electron chi connectivity index (χ1n) is 7.11. The van der Waals surface area contributed by atoms with Crippen LogP contribution in [0, 0.1) is 0 Å². The van der Waals surface area contributed by atoms with Crippen molar-refractivity contribution in [2.75, 3.05) is 0 Å². The van der Waals surface area contributed by atoms with Gasteiger partial charge in [-0.2, -0.15) is 5.10 Å². The van der Waals surface area contributed by atoms with Gasteiger partial charge in [0.25, 0.3) is 5.91 Å². The molecule has 3 rings (SSSR count). The summed E-state index contributed by atoms with van der Waals surface area (Å²) >= 11 is 6.02. The number of nitrogens with one attached hydrogen (secondary N) is 1. The molecule has 23 heavy (non-hydrogen) atoms. The standard InChI is InChI=1S/C17H15ClN4O/c1-22-16(12-6-8-19-9-7-12)10-13(21-22)11-20-17(23)14-4-2-3-5-15(14)18/h2-10H,11H2,1H3,(H,20,23).